The normalized spacial score (nSPS) is 11.0. The molecule has 2 aromatic carbocycles. The molecule has 0 aliphatic carbocycles. The predicted octanol–water partition coefficient (Wildman–Crippen LogP) is 3.02. The first kappa shape index (κ1) is 16.2. The van der Waals surface area contributed by atoms with E-state index in [-0.39, 0.29) is 22.4 Å². The topological polar surface area (TPSA) is 98.8 Å². The largest absolute Gasteiger partial charge is 0.497 e. The van der Waals surface area contributed by atoms with E-state index in [9.17, 15) is 4.79 Å². The number of nitrogens with one attached hydrogen (secondary N) is 1. The maximum absolute atomic E-state index is 13.1. The van der Waals surface area contributed by atoms with Crippen molar-refractivity contribution in [3.8, 4) is 22.8 Å². The van der Waals surface area contributed by atoms with Crippen LogP contribution in [0.3, 0.4) is 0 Å². The van der Waals surface area contributed by atoms with Crippen molar-refractivity contribution >= 4 is 28.5 Å². The fraction of sp³-hybridized carbons (Fsp3) is 0.0556. The van der Waals surface area contributed by atoms with E-state index in [2.05, 4.69) is 15.2 Å². The van der Waals surface area contributed by atoms with Crippen LogP contribution >= 0.6 is 11.6 Å². The lowest BCUT2D eigenvalue weighted by molar-refractivity contribution is 0.415. The maximum Gasteiger partial charge on any atom is 0.271 e. The number of hydrogen-bond donors (Lipinski definition) is 2. The molecule has 2 heterocycles. The molecule has 7 nitrogen and oxygen atoms in total. The third-order valence-corrected chi connectivity index (χ3v) is 4.30. The van der Waals surface area contributed by atoms with E-state index in [1.165, 1.54) is 4.57 Å². The summed E-state index contributed by atoms with van der Waals surface area (Å²) in [5.41, 5.74) is 7.18. The van der Waals surface area contributed by atoms with Crippen molar-refractivity contribution in [2.75, 3.05) is 12.8 Å². The van der Waals surface area contributed by atoms with Crippen LogP contribution in [0.15, 0.2) is 53.3 Å². The Bertz CT molecular complexity index is 1150. The highest BCUT2D eigenvalue weighted by molar-refractivity contribution is 6.30. The second-order valence-electron chi connectivity index (χ2n) is 5.62. The zero-order chi connectivity index (χ0) is 18.3. The van der Waals surface area contributed by atoms with Gasteiger partial charge in [-0.15, -0.1) is 0 Å². The minimum Gasteiger partial charge on any atom is -0.497 e. The lowest BCUT2D eigenvalue weighted by Gasteiger charge is -2.13. The molecular weight excluding hydrogens is 354 g/mol. The van der Waals surface area contributed by atoms with Crippen LogP contribution in [0.25, 0.3) is 28.1 Å². The fourth-order valence-corrected chi connectivity index (χ4v) is 2.88. The highest BCUT2D eigenvalue weighted by Gasteiger charge is 2.18. The summed E-state index contributed by atoms with van der Waals surface area (Å²) in [4.78, 5) is 17.7. The first-order valence-corrected chi connectivity index (χ1v) is 8.13. The zero-order valence-electron chi connectivity index (χ0n) is 13.7. The fourth-order valence-electron chi connectivity index (χ4n) is 2.76. The van der Waals surface area contributed by atoms with Crippen LogP contribution in [0.5, 0.6) is 5.75 Å². The van der Waals surface area contributed by atoms with Crippen LogP contribution in [0.1, 0.15) is 0 Å². The molecule has 26 heavy (non-hydrogen) atoms. The molecule has 0 amide bonds. The number of H-pyrrole nitrogens is 1. The molecular formula is C18H14ClN5O2. The number of rotatable bonds is 3. The standard InChI is InChI=1S/C18H14ClN5O2/c1-26-13-8-2-10(3-9-13)17-21-16-14(15(20)22-23-16)18(25)24(17)12-6-4-11(19)5-7-12/h2-9H,1H3,(H3,20,22,23). The SMILES string of the molecule is COc1ccc(-c2nc3n[nH]c(N)c3c(=O)n2-c2ccc(Cl)cc2)cc1. The Balaban J connectivity index is 2.05. The van der Waals surface area contributed by atoms with E-state index in [0.717, 1.165) is 5.56 Å². The third-order valence-electron chi connectivity index (χ3n) is 4.05. The number of halogens is 1. The zero-order valence-corrected chi connectivity index (χ0v) is 14.5. The molecule has 0 atom stereocenters. The summed E-state index contributed by atoms with van der Waals surface area (Å²) in [5.74, 6) is 1.33. The Labute approximate surface area is 153 Å². The maximum atomic E-state index is 13.1. The molecule has 130 valence electrons. The number of nitrogen functional groups attached to an aromatic ring is 1. The summed E-state index contributed by atoms with van der Waals surface area (Å²) in [6, 6.07) is 14.2. The van der Waals surface area contributed by atoms with Crippen LogP contribution in [0.2, 0.25) is 5.02 Å². The van der Waals surface area contributed by atoms with E-state index >= 15 is 0 Å². The third kappa shape index (κ3) is 2.58. The summed E-state index contributed by atoms with van der Waals surface area (Å²) in [7, 11) is 1.59. The number of methoxy groups -OCH3 is 1. The van der Waals surface area contributed by atoms with E-state index in [0.29, 0.717) is 22.3 Å². The molecule has 0 fully saturated rings. The Morgan fingerprint density at radius 3 is 2.46 bits per heavy atom. The van der Waals surface area contributed by atoms with Gasteiger partial charge in [0.15, 0.2) is 5.65 Å². The second-order valence-corrected chi connectivity index (χ2v) is 6.05. The summed E-state index contributed by atoms with van der Waals surface area (Å²) in [5, 5.41) is 7.46. The molecule has 2 aromatic heterocycles. The Kier molecular flexibility index (Phi) is 3.85. The molecule has 0 aliphatic heterocycles. The first-order chi connectivity index (χ1) is 12.6. The molecule has 4 rings (SSSR count). The highest BCUT2D eigenvalue weighted by atomic mass is 35.5. The molecule has 0 aliphatic rings. The summed E-state index contributed by atoms with van der Waals surface area (Å²) in [6.45, 7) is 0. The number of hydrogen-bond acceptors (Lipinski definition) is 5. The highest BCUT2D eigenvalue weighted by Crippen LogP contribution is 2.25. The van der Waals surface area contributed by atoms with Crippen LogP contribution in [-0.4, -0.2) is 26.9 Å². The monoisotopic (exact) mass is 367 g/mol. The van der Waals surface area contributed by atoms with Gasteiger partial charge in [-0.2, -0.15) is 5.10 Å². The number of anilines is 1. The average molecular weight is 368 g/mol. The summed E-state index contributed by atoms with van der Waals surface area (Å²) in [6.07, 6.45) is 0. The van der Waals surface area contributed by atoms with Gasteiger partial charge >= 0.3 is 0 Å². The number of benzene rings is 2. The van der Waals surface area contributed by atoms with Gasteiger partial charge in [-0.25, -0.2) is 4.98 Å². The van der Waals surface area contributed by atoms with Gasteiger partial charge in [0.2, 0.25) is 0 Å². The Hall–Kier alpha value is -3.32. The van der Waals surface area contributed by atoms with E-state index in [1.807, 2.05) is 12.1 Å². The van der Waals surface area contributed by atoms with Gasteiger partial charge in [0.05, 0.1) is 12.8 Å². The van der Waals surface area contributed by atoms with Crippen molar-refractivity contribution in [1.29, 1.82) is 0 Å². The van der Waals surface area contributed by atoms with Gasteiger partial charge in [-0.05, 0) is 48.5 Å². The van der Waals surface area contributed by atoms with Crippen LogP contribution in [0, 0.1) is 0 Å². The number of nitrogens with zero attached hydrogens (tertiary/aromatic N) is 3. The summed E-state index contributed by atoms with van der Waals surface area (Å²) < 4.78 is 6.69. The minimum atomic E-state index is -0.311. The molecule has 3 N–H and O–H groups in total. The van der Waals surface area contributed by atoms with Crippen molar-refractivity contribution in [1.82, 2.24) is 19.7 Å². The van der Waals surface area contributed by atoms with Crippen molar-refractivity contribution in [2.45, 2.75) is 0 Å². The molecule has 0 radical (unpaired) electrons. The molecule has 0 saturated heterocycles. The van der Waals surface area contributed by atoms with Gasteiger partial charge < -0.3 is 10.5 Å². The first-order valence-electron chi connectivity index (χ1n) is 7.75. The quantitative estimate of drug-likeness (QED) is 0.580. The van der Waals surface area contributed by atoms with Gasteiger partial charge in [-0.3, -0.25) is 14.5 Å². The van der Waals surface area contributed by atoms with Crippen molar-refractivity contribution in [3.63, 3.8) is 0 Å². The predicted molar refractivity (Wildman–Crippen MR) is 101 cm³/mol. The van der Waals surface area contributed by atoms with Crippen molar-refractivity contribution < 1.29 is 4.74 Å². The second kappa shape index (κ2) is 6.20. The van der Waals surface area contributed by atoms with Gasteiger partial charge in [0.1, 0.15) is 22.8 Å². The van der Waals surface area contributed by atoms with Gasteiger partial charge in [0.25, 0.3) is 5.56 Å². The molecule has 0 saturated carbocycles. The van der Waals surface area contributed by atoms with Crippen LogP contribution in [-0.2, 0) is 0 Å². The molecule has 8 heteroatoms. The van der Waals surface area contributed by atoms with Gasteiger partial charge in [0, 0.05) is 10.6 Å². The number of aromatic amines is 1. The minimum absolute atomic E-state index is 0.182. The molecule has 4 aromatic rings. The number of nitrogens with two attached hydrogens (primary N) is 1. The van der Waals surface area contributed by atoms with Crippen molar-refractivity contribution in [3.05, 3.63) is 63.9 Å². The average Bonchev–Trinajstić information content (AvgIpc) is 3.04. The lowest BCUT2D eigenvalue weighted by atomic mass is 10.2. The number of fused-ring (bicyclic) bond motifs is 1. The van der Waals surface area contributed by atoms with E-state index in [4.69, 9.17) is 22.1 Å². The Morgan fingerprint density at radius 2 is 1.81 bits per heavy atom. The van der Waals surface area contributed by atoms with Gasteiger partial charge in [-0.1, -0.05) is 11.6 Å². The van der Waals surface area contributed by atoms with E-state index < -0.39 is 0 Å². The van der Waals surface area contributed by atoms with E-state index in [1.54, 1.807) is 43.5 Å². The van der Waals surface area contributed by atoms with Crippen molar-refractivity contribution in [2.24, 2.45) is 0 Å². The molecule has 0 bridgehead atoms. The molecule has 0 unspecified atom stereocenters. The Morgan fingerprint density at radius 1 is 1.12 bits per heavy atom. The number of aromatic nitrogens is 4. The smallest absolute Gasteiger partial charge is 0.271 e. The lowest BCUT2D eigenvalue weighted by Crippen LogP contribution is -2.22. The molecule has 0 spiro atoms. The van der Waals surface area contributed by atoms with Crippen LogP contribution in [0.4, 0.5) is 5.82 Å². The summed E-state index contributed by atoms with van der Waals surface area (Å²) >= 11 is 5.98. The number of ether oxygens (including phenoxy) is 1. The van der Waals surface area contributed by atoms with Crippen LogP contribution < -0.4 is 16.0 Å².